The Labute approximate surface area is 143 Å². The molecule has 1 aromatic heterocycles. The quantitative estimate of drug-likeness (QED) is 0.743. The minimum Gasteiger partial charge on any atom is -0.494 e. The number of benzene rings is 2. The van der Waals surface area contributed by atoms with E-state index in [-0.39, 0.29) is 11.4 Å². The minimum atomic E-state index is -0.613. The third-order valence-electron chi connectivity index (χ3n) is 3.40. The molecule has 2 aromatic carbocycles. The monoisotopic (exact) mass is 338 g/mol. The molecule has 1 heterocycles. The fourth-order valence-electron chi connectivity index (χ4n) is 2.16. The molecule has 0 unspecified atom stereocenters. The van der Waals surface area contributed by atoms with Gasteiger partial charge in [-0.15, -0.1) is 0 Å². The molecule has 2 N–H and O–H groups in total. The summed E-state index contributed by atoms with van der Waals surface area (Å²) in [4.78, 5) is 20.4. The summed E-state index contributed by atoms with van der Waals surface area (Å²) in [5, 5.41) is 5.54. The molecule has 7 heteroatoms. The number of amides is 1. The van der Waals surface area contributed by atoms with Crippen LogP contribution in [0.3, 0.4) is 0 Å². The van der Waals surface area contributed by atoms with Crippen LogP contribution in [0.2, 0.25) is 0 Å². The maximum atomic E-state index is 14.1. The van der Waals surface area contributed by atoms with Gasteiger partial charge in [-0.05, 0) is 42.5 Å². The van der Waals surface area contributed by atoms with Crippen molar-refractivity contribution in [2.75, 3.05) is 17.7 Å². The minimum absolute atomic E-state index is 0.0595. The molecule has 3 aromatic rings. The number of hydrogen-bond acceptors (Lipinski definition) is 5. The first-order valence-electron chi connectivity index (χ1n) is 7.45. The Morgan fingerprint density at radius 3 is 2.44 bits per heavy atom. The van der Waals surface area contributed by atoms with E-state index in [9.17, 15) is 9.18 Å². The van der Waals surface area contributed by atoms with Gasteiger partial charge in [0.15, 0.2) is 11.6 Å². The molecular weight excluding hydrogens is 323 g/mol. The van der Waals surface area contributed by atoms with Gasteiger partial charge in [0.25, 0.3) is 5.91 Å². The predicted octanol–water partition coefficient (Wildman–Crippen LogP) is 3.62. The van der Waals surface area contributed by atoms with Gasteiger partial charge in [-0.25, -0.2) is 14.4 Å². The van der Waals surface area contributed by atoms with Crippen LogP contribution in [0.1, 0.15) is 10.4 Å². The molecule has 0 saturated carbocycles. The van der Waals surface area contributed by atoms with Crippen LogP contribution in [0.15, 0.2) is 60.9 Å². The van der Waals surface area contributed by atoms with Crippen molar-refractivity contribution in [3.8, 4) is 5.75 Å². The van der Waals surface area contributed by atoms with Gasteiger partial charge >= 0.3 is 0 Å². The summed E-state index contributed by atoms with van der Waals surface area (Å²) in [5.74, 6) is -0.508. The molecule has 0 atom stereocenters. The fraction of sp³-hybridized carbons (Fsp3) is 0.0556. The van der Waals surface area contributed by atoms with E-state index in [1.807, 2.05) is 0 Å². The Hall–Kier alpha value is -3.48. The lowest BCUT2D eigenvalue weighted by Crippen LogP contribution is -2.13. The van der Waals surface area contributed by atoms with Gasteiger partial charge in [0.1, 0.15) is 0 Å². The van der Waals surface area contributed by atoms with Gasteiger partial charge in [-0.2, -0.15) is 0 Å². The van der Waals surface area contributed by atoms with E-state index >= 15 is 0 Å². The van der Waals surface area contributed by atoms with Crippen LogP contribution in [0.25, 0.3) is 0 Å². The molecule has 126 valence electrons. The summed E-state index contributed by atoms with van der Waals surface area (Å²) >= 11 is 0. The van der Waals surface area contributed by atoms with Crippen molar-refractivity contribution in [3.63, 3.8) is 0 Å². The van der Waals surface area contributed by atoms with Crippen molar-refractivity contribution in [3.05, 3.63) is 72.3 Å². The van der Waals surface area contributed by atoms with Crippen LogP contribution in [-0.2, 0) is 0 Å². The first-order chi connectivity index (χ1) is 12.2. The van der Waals surface area contributed by atoms with E-state index in [0.717, 1.165) is 5.69 Å². The van der Waals surface area contributed by atoms with Crippen LogP contribution >= 0.6 is 0 Å². The molecule has 0 radical (unpaired) electrons. The van der Waals surface area contributed by atoms with E-state index < -0.39 is 11.7 Å². The number of anilines is 3. The van der Waals surface area contributed by atoms with Gasteiger partial charge in [-0.1, -0.05) is 6.07 Å². The second-order valence-electron chi connectivity index (χ2n) is 5.05. The van der Waals surface area contributed by atoms with Crippen LogP contribution in [0.5, 0.6) is 5.75 Å². The zero-order valence-corrected chi connectivity index (χ0v) is 13.4. The number of methoxy groups -OCH3 is 1. The second-order valence-corrected chi connectivity index (χ2v) is 5.05. The summed E-state index contributed by atoms with van der Waals surface area (Å²) in [6.45, 7) is 0. The first-order valence-corrected chi connectivity index (χ1v) is 7.45. The third-order valence-corrected chi connectivity index (χ3v) is 3.40. The lowest BCUT2D eigenvalue weighted by Gasteiger charge is -2.10. The number of carbonyl (C=O) groups is 1. The Balaban J connectivity index is 1.71. The maximum absolute atomic E-state index is 14.1. The molecule has 25 heavy (non-hydrogen) atoms. The average molecular weight is 338 g/mol. The highest BCUT2D eigenvalue weighted by atomic mass is 19.1. The summed E-state index contributed by atoms with van der Waals surface area (Å²) in [6, 6.07) is 13.0. The van der Waals surface area contributed by atoms with Gasteiger partial charge in [0, 0.05) is 23.6 Å². The summed E-state index contributed by atoms with van der Waals surface area (Å²) in [7, 11) is 1.37. The van der Waals surface area contributed by atoms with E-state index in [4.69, 9.17) is 4.74 Å². The lowest BCUT2D eigenvalue weighted by molar-refractivity contribution is 0.102. The van der Waals surface area contributed by atoms with Gasteiger partial charge < -0.3 is 15.4 Å². The summed E-state index contributed by atoms with van der Waals surface area (Å²) in [5.41, 5.74) is 1.18. The van der Waals surface area contributed by atoms with E-state index in [1.165, 1.54) is 19.2 Å². The number of halogens is 1. The number of carbonyl (C=O) groups excluding carboxylic acids is 1. The van der Waals surface area contributed by atoms with E-state index in [2.05, 4.69) is 20.6 Å². The third kappa shape index (κ3) is 3.89. The number of aromatic nitrogens is 2. The Morgan fingerprint density at radius 1 is 1.04 bits per heavy atom. The van der Waals surface area contributed by atoms with Crippen molar-refractivity contribution < 1.29 is 13.9 Å². The number of hydrogen-bond donors (Lipinski definition) is 2. The first kappa shape index (κ1) is 16.4. The molecule has 0 bridgehead atoms. The van der Waals surface area contributed by atoms with Crippen molar-refractivity contribution in [2.45, 2.75) is 0 Å². The largest absolute Gasteiger partial charge is 0.494 e. The van der Waals surface area contributed by atoms with Crippen LogP contribution in [0, 0.1) is 5.82 Å². The summed E-state index contributed by atoms with van der Waals surface area (Å²) in [6.07, 6.45) is 3.25. The highest BCUT2D eigenvalue weighted by Crippen LogP contribution is 2.24. The van der Waals surface area contributed by atoms with Crippen LogP contribution in [0.4, 0.5) is 21.7 Å². The smallest absolute Gasteiger partial charge is 0.255 e. The summed E-state index contributed by atoms with van der Waals surface area (Å²) < 4.78 is 19.0. The van der Waals surface area contributed by atoms with Gasteiger partial charge in [0.2, 0.25) is 5.95 Å². The number of rotatable bonds is 5. The molecular formula is C18H15FN4O2. The standard InChI is InChI=1S/C18H15FN4O2/c1-25-15-5-2-4-14(16(15)19)23-17(24)12-6-8-13(9-7-12)22-18-20-10-3-11-21-18/h2-11H,1H3,(H,23,24)(H,20,21,22). The van der Waals surface area contributed by atoms with E-state index in [1.54, 1.807) is 48.8 Å². The second kappa shape index (κ2) is 7.39. The zero-order chi connectivity index (χ0) is 17.6. The van der Waals surface area contributed by atoms with Crippen molar-refractivity contribution >= 4 is 23.2 Å². The molecule has 0 aliphatic heterocycles. The molecule has 0 saturated heterocycles. The Bertz CT molecular complexity index is 870. The highest BCUT2D eigenvalue weighted by molar-refractivity contribution is 6.04. The van der Waals surface area contributed by atoms with Crippen LogP contribution in [-0.4, -0.2) is 23.0 Å². The van der Waals surface area contributed by atoms with E-state index in [0.29, 0.717) is 11.5 Å². The number of nitrogens with zero attached hydrogens (tertiary/aromatic N) is 2. The molecule has 6 nitrogen and oxygen atoms in total. The van der Waals surface area contributed by atoms with Crippen LogP contribution < -0.4 is 15.4 Å². The average Bonchev–Trinajstić information content (AvgIpc) is 2.65. The van der Waals surface area contributed by atoms with Crippen molar-refractivity contribution in [2.24, 2.45) is 0 Å². The highest BCUT2D eigenvalue weighted by Gasteiger charge is 2.12. The normalized spacial score (nSPS) is 10.2. The predicted molar refractivity (Wildman–Crippen MR) is 92.7 cm³/mol. The van der Waals surface area contributed by atoms with Crippen molar-refractivity contribution in [1.82, 2.24) is 9.97 Å². The molecule has 0 spiro atoms. The van der Waals surface area contributed by atoms with Gasteiger partial charge in [-0.3, -0.25) is 4.79 Å². The maximum Gasteiger partial charge on any atom is 0.255 e. The molecule has 0 aliphatic rings. The van der Waals surface area contributed by atoms with Crippen molar-refractivity contribution in [1.29, 1.82) is 0 Å². The number of ether oxygens (including phenoxy) is 1. The fourth-order valence-corrected chi connectivity index (χ4v) is 2.16. The van der Waals surface area contributed by atoms with Gasteiger partial charge in [0.05, 0.1) is 12.8 Å². The number of nitrogens with one attached hydrogen (secondary N) is 2. The SMILES string of the molecule is COc1cccc(NC(=O)c2ccc(Nc3ncccn3)cc2)c1F. The molecule has 0 fully saturated rings. The Morgan fingerprint density at radius 2 is 1.76 bits per heavy atom. The lowest BCUT2D eigenvalue weighted by atomic mass is 10.2. The Kier molecular flexibility index (Phi) is 4.84. The molecule has 1 amide bonds. The molecule has 0 aliphatic carbocycles. The zero-order valence-electron chi connectivity index (χ0n) is 13.4. The topological polar surface area (TPSA) is 76.1 Å². The molecule has 3 rings (SSSR count).